The molecule has 0 atom stereocenters. The highest BCUT2D eigenvalue weighted by Crippen LogP contribution is 2.20. The largest absolute Gasteiger partial charge is 0.377 e. The predicted molar refractivity (Wildman–Crippen MR) is 72.0 cm³/mol. The zero-order valence-electron chi connectivity index (χ0n) is 10.8. The normalized spacial score (nSPS) is 11.2. The van der Waals surface area contributed by atoms with Crippen molar-refractivity contribution in [2.45, 2.75) is 19.4 Å². The van der Waals surface area contributed by atoms with Gasteiger partial charge in [0, 0.05) is 19.7 Å². The molecule has 0 saturated carbocycles. The Labute approximate surface area is 118 Å². The molecule has 0 aromatic carbocycles. The van der Waals surface area contributed by atoms with Crippen LogP contribution in [-0.4, -0.2) is 35.1 Å². The minimum absolute atomic E-state index is 0.161. The fourth-order valence-corrected chi connectivity index (χ4v) is 1.56. The third-order valence-electron chi connectivity index (χ3n) is 2.50. The van der Waals surface area contributed by atoms with E-state index in [2.05, 4.69) is 26.2 Å². The summed E-state index contributed by atoms with van der Waals surface area (Å²) >= 11 is 3.14. The molecule has 1 amide bonds. The number of nitrogens with zero attached hydrogens (tertiary/aromatic N) is 2. The van der Waals surface area contributed by atoms with Crippen molar-refractivity contribution in [2.75, 3.05) is 13.7 Å². The lowest BCUT2D eigenvalue weighted by Crippen LogP contribution is -2.39. The van der Waals surface area contributed by atoms with Crippen molar-refractivity contribution in [3.63, 3.8) is 0 Å². The molecule has 0 aliphatic rings. The van der Waals surface area contributed by atoms with Gasteiger partial charge in [-0.05, 0) is 39.7 Å². The molecule has 0 bridgehead atoms. The third-order valence-corrected chi connectivity index (χ3v) is 3.13. The van der Waals surface area contributed by atoms with Gasteiger partial charge >= 0.3 is 5.82 Å². The van der Waals surface area contributed by atoms with Crippen LogP contribution < -0.4 is 5.32 Å². The second-order valence-electron chi connectivity index (χ2n) is 4.43. The quantitative estimate of drug-likeness (QED) is 0.656. The number of aromatic nitrogens is 1. The molecule has 0 unspecified atom stereocenters. The van der Waals surface area contributed by atoms with Crippen molar-refractivity contribution < 1.29 is 14.5 Å². The molecular weight excluding hydrogens is 318 g/mol. The van der Waals surface area contributed by atoms with Gasteiger partial charge in [-0.3, -0.25) is 4.79 Å². The molecule has 7 nitrogen and oxygen atoms in total. The Morgan fingerprint density at radius 3 is 2.79 bits per heavy atom. The van der Waals surface area contributed by atoms with E-state index in [1.807, 2.05) is 13.8 Å². The molecule has 104 valence electrons. The monoisotopic (exact) mass is 331 g/mol. The van der Waals surface area contributed by atoms with Gasteiger partial charge in [0.25, 0.3) is 5.91 Å². The summed E-state index contributed by atoms with van der Waals surface area (Å²) in [5, 5.41) is 13.3. The van der Waals surface area contributed by atoms with Crippen molar-refractivity contribution in [3.8, 4) is 0 Å². The topological polar surface area (TPSA) is 94.4 Å². The highest BCUT2D eigenvalue weighted by Gasteiger charge is 2.21. The SMILES string of the molecule is COC(C)(C)CNC(=O)c1cc([N+](=O)[O-])ncc1Br. The minimum Gasteiger partial charge on any atom is -0.377 e. The van der Waals surface area contributed by atoms with Crippen molar-refractivity contribution in [2.24, 2.45) is 0 Å². The molecule has 1 aromatic rings. The van der Waals surface area contributed by atoms with Crippen molar-refractivity contribution >= 4 is 27.7 Å². The van der Waals surface area contributed by atoms with E-state index in [1.54, 1.807) is 7.11 Å². The molecule has 0 aliphatic carbocycles. The van der Waals surface area contributed by atoms with Gasteiger partial charge in [0.2, 0.25) is 0 Å². The van der Waals surface area contributed by atoms with Gasteiger partial charge in [-0.1, -0.05) is 0 Å². The van der Waals surface area contributed by atoms with Crippen LogP contribution in [0.25, 0.3) is 0 Å². The first-order valence-corrected chi connectivity index (χ1v) is 6.19. The summed E-state index contributed by atoms with van der Waals surface area (Å²) in [6.45, 7) is 3.92. The molecule has 1 rings (SSSR count). The van der Waals surface area contributed by atoms with E-state index in [9.17, 15) is 14.9 Å². The van der Waals surface area contributed by atoms with Gasteiger partial charge in [-0.15, -0.1) is 0 Å². The van der Waals surface area contributed by atoms with Gasteiger partial charge in [0.05, 0.1) is 15.6 Å². The van der Waals surface area contributed by atoms with Gasteiger partial charge in [0.15, 0.2) is 6.20 Å². The van der Waals surface area contributed by atoms with Crippen molar-refractivity contribution in [3.05, 3.63) is 32.4 Å². The maximum absolute atomic E-state index is 12.0. The number of hydrogen-bond donors (Lipinski definition) is 1. The van der Waals surface area contributed by atoms with Gasteiger partial charge in [0.1, 0.15) is 0 Å². The number of nitrogens with one attached hydrogen (secondary N) is 1. The highest BCUT2D eigenvalue weighted by molar-refractivity contribution is 9.10. The molecule has 0 saturated heterocycles. The second-order valence-corrected chi connectivity index (χ2v) is 5.28. The number of pyridine rings is 1. The van der Waals surface area contributed by atoms with Gasteiger partial charge < -0.3 is 20.2 Å². The van der Waals surface area contributed by atoms with Crippen LogP contribution in [-0.2, 0) is 4.74 Å². The zero-order valence-corrected chi connectivity index (χ0v) is 12.4. The van der Waals surface area contributed by atoms with Crippen LogP contribution in [0, 0.1) is 10.1 Å². The van der Waals surface area contributed by atoms with E-state index in [4.69, 9.17) is 4.74 Å². The van der Waals surface area contributed by atoms with Crippen LogP contribution in [0.2, 0.25) is 0 Å². The fourth-order valence-electron chi connectivity index (χ4n) is 1.16. The molecular formula is C11H14BrN3O4. The number of ether oxygens (including phenoxy) is 1. The molecule has 0 spiro atoms. The van der Waals surface area contributed by atoms with E-state index in [-0.39, 0.29) is 17.9 Å². The van der Waals surface area contributed by atoms with Crippen LogP contribution in [0.15, 0.2) is 16.7 Å². The molecule has 0 fully saturated rings. The summed E-state index contributed by atoms with van der Waals surface area (Å²) in [7, 11) is 1.54. The summed E-state index contributed by atoms with van der Waals surface area (Å²) in [6.07, 6.45) is 1.23. The number of nitro groups is 1. The Hall–Kier alpha value is -1.54. The average molecular weight is 332 g/mol. The molecule has 8 heteroatoms. The molecule has 0 radical (unpaired) electrons. The minimum atomic E-state index is -0.650. The second kappa shape index (κ2) is 6.07. The first-order valence-electron chi connectivity index (χ1n) is 5.40. The fraction of sp³-hybridized carbons (Fsp3) is 0.455. The summed E-state index contributed by atoms with van der Waals surface area (Å²) in [5.41, 5.74) is -0.352. The number of amides is 1. The standard InChI is InChI=1S/C11H14BrN3O4/c1-11(2,19-3)6-14-10(16)7-4-9(15(17)18)13-5-8(7)12/h4-5H,6H2,1-3H3,(H,14,16). The molecule has 19 heavy (non-hydrogen) atoms. The molecule has 1 aromatic heterocycles. The Morgan fingerprint density at radius 2 is 2.26 bits per heavy atom. The average Bonchev–Trinajstić information content (AvgIpc) is 2.36. The van der Waals surface area contributed by atoms with Crippen LogP contribution in [0.4, 0.5) is 5.82 Å². The van der Waals surface area contributed by atoms with Crippen molar-refractivity contribution in [1.29, 1.82) is 0 Å². The Bertz CT molecular complexity index is 505. The number of methoxy groups -OCH3 is 1. The zero-order chi connectivity index (χ0) is 14.6. The number of carbonyl (C=O) groups is 1. The molecule has 1 N–H and O–H groups in total. The summed E-state index contributed by atoms with van der Waals surface area (Å²) in [6, 6.07) is 1.12. The van der Waals surface area contributed by atoms with Gasteiger partial charge in [-0.2, -0.15) is 0 Å². The predicted octanol–water partition coefficient (Wildman–Crippen LogP) is 1.91. The summed E-state index contributed by atoms with van der Waals surface area (Å²) in [5.74, 6) is -0.804. The Balaban J connectivity index is 2.88. The Morgan fingerprint density at radius 1 is 1.63 bits per heavy atom. The van der Waals surface area contributed by atoms with E-state index in [0.29, 0.717) is 4.47 Å². The van der Waals surface area contributed by atoms with Crippen LogP contribution in [0.1, 0.15) is 24.2 Å². The van der Waals surface area contributed by atoms with E-state index in [0.717, 1.165) is 6.07 Å². The first kappa shape index (κ1) is 15.5. The van der Waals surface area contributed by atoms with Crippen molar-refractivity contribution in [1.82, 2.24) is 10.3 Å². The third kappa shape index (κ3) is 4.25. The molecule has 0 aliphatic heterocycles. The maximum Gasteiger partial charge on any atom is 0.364 e. The van der Waals surface area contributed by atoms with Crippen LogP contribution >= 0.6 is 15.9 Å². The maximum atomic E-state index is 12.0. The van der Waals surface area contributed by atoms with E-state index < -0.39 is 16.4 Å². The lowest BCUT2D eigenvalue weighted by atomic mass is 10.1. The van der Waals surface area contributed by atoms with Crippen LogP contribution in [0.3, 0.4) is 0 Å². The van der Waals surface area contributed by atoms with Gasteiger partial charge in [-0.25, -0.2) is 0 Å². The summed E-state index contributed by atoms with van der Waals surface area (Å²) in [4.78, 5) is 25.5. The smallest absolute Gasteiger partial charge is 0.364 e. The number of hydrogen-bond acceptors (Lipinski definition) is 5. The first-order chi connectivity index (χ1) is 8.76. The lowest BCUT2D eigenvalue weighted by Gasteiger charge is -2.23. The highest BCUT2D eigenvalue weighted by atomic mass is 79.9. The van der Waals surface area contributed by atoms with E-state index in [1.165, 1.54) is 6.20 Å². The summed E-state index contributed by atoms with van der Waals surface area (Å²) < 4.78 is 5.56. The number of carbonyl (C=O) groups excluding carboxylic acids is 1. The number of halogens is 1. The Kier molecular flexibility index (Phi) is 4.96. The van der Waals surface area contributed by atoms with E-state index >= 15 is 0 Å². The lowest BCUT2D eigenvalue weighted by molar-refractivity contribution is -0.389. The van der Waals surface area contributed by atoms with Crippen LogP contribution in [0.5, 0.6) is 0 Å². The molecule has 1 heterocycles. The number of rotatable bonds is 5.